The molecule has 0 unspecified atom stereocenters. The molecule has 4 nitrogen and oxygen atoms in total. The van der Waals surface area contributed by atoms with E-state index in [0.29, 0.717) is 29.8 Å². The minimum absolute atomic E-state index is 0.148. The summed E-state index contributed by atoms with van der Waals surface area (Å²) in [5.74, 6) is -1.08. The van der Waals surface area contributed by atoms with Gasteiger partial charge in [-0.1, -0.05) is 18.2 Å². The van der Waals surface area contributed by atoms with Crippen molar-refractivity contribution in [3.05, 3.63) is 93.3 Å². The molecule has 0 atom stereocenters. The van der Waals surface area contributed by atoms with Crippen molar-refractivity contribution in [2.75, 3.05) is 12.3 Å². The fourth-order valence-corrected chi connectivity index (χ4v) is 2.84. The number of nitrogens with one attached hydrogen (secondary N) is 1. The monoisotopic (exact) mass is 354 g/mol. The van der Waals surface area contributed by atoms with Crippen LogP contribution in [0.4, 0.5) is 14.6 Å². The molecule has 3 N–H and O–H groups in total. The molecule has 3 rings (SSSR count). The number of nitrogens with zero attached hydrogens (tertiary/aromatic N) is 1. The van der Waals surface area contributed by atoms with Gasteiger partial charge < -0.3 is 5.73 Å². The molecule has 0 aliphatic rings. The van der Waals surface area contributed by atoms with Crippen molar-refractivity contribution in [3.8, 4) is 5.69 Å². The van der Waals surface area contributed by atoms with Crippen LogP contribution in [0, 0.1) is 11.6 Å². The van der Waals surface area contributed by atoms with Gasteiger partial charge in [-0.05, 0) is 47.4 Å². The van der Waals surface area contributed by atoms with Crippen LogP contribution >= 0.6 is 0 Å². The third kappa shape index (κ3) is 3.65. The first-order chi connectivity index (χ1) is 12.5. The molecule has 1 heterocycles. The molecule has 0 saturated carbocycles. The number of pyridine rings is 1. The third-order valence-electron chi connectivity index (χ3n) is 4.22. The van der Waals surface area contributed by atoms with Crippen LogP contribution in [0.5, 0.6) is 0 Å². The largest absolute Gasteiger partial charge is 0.384 e. The third-order valence-corrected chi connectivity index (χ3v) is 4.22. The summed E-state index contributed by atoms with van der Waals surface area (Å²) in [6.45, 7) is 0.292. The van der Waals surface area contributed by atoms with Crippen molar-refractivity contribution in [1.82, 2.24) is 10.3 Å². The number of nitrogens with two attached hydrogens (primary N) is 1. The van der Waals surface area contributed by atoms with Gasteiger partial charge >= 0.3 is 0 Å². The molecule has 2 aromatic carbocycles. The predicted octanol–water partition coefficient (Wildman–Crippen LogP) is 3.11. The molecule has 6 heteroatoms. The number of benzene rings is 2. The number of hydrogen-bond acceptors (Lipinski definition) is 2. The van der Waals surface area contributed by atoms with Gasteiger partial charge in [0.2, 0.25) is 0 Å². The van der Waals surface area contributed by atoms with E-state index in [1.165, 1.54) is 22.8 Å². The summed E-state index contributed by atoms with van der Waals surface area (Å²) in [5, 5.41) is 0. The van der Waals surface area contributed by atoms with Gasteiger partial charge in [0, 0.05) is 25.1 Å². The first-order valence-electron chi connectivity index (χ1n) is 8.18. The van der Waals surface area contributed by atoms with Gasteiger partial charge in [-0.15, -0.1) is 0 Å². The minimum Gasteiger partial charge on any atom is -0.384 e. The number of aromatic nitrogens is 1. The predicted molar refractivity (Wildman–Crippen MR) is 97.3 cm³/mol. The standard InChI is InChI=1S/C20H18F2N3O/c21-16-5-3-14(18(22)12-16)11-15-4-8-19(26)25(20(15)24)17-6-1-13(2-7-17)9-10-23/h1-8,12,23H,9-11,24H2. The van der Waals surface area contributed by atoms with Gasteiger partial charge in [-0.25, -0.2) is 8.78 Å². The lowest BCUT2D eigenvalue weighted by atomic mass is 10.0. The molecule has 0 fully saturated rings. The van der Waals surface area contributed by atoms with Crippen LogP contribution in [0.3, 0.4) is 0 Å². The van der Waals surface area contributed by atoms with Crippen LogP contribution in [-0.2, 0) is 12.8 Å². The summed E-state index contributed by atoms with van der Waals surface area (Å²) in [6.07, 6.45) is 0.781. The zero-order valence-corrected chi connectivity index (χ0v) is 14.0. The Morgan fingerprint density at radius 1 is 0.962 bits per heavy atom. The second-order valence-electron chi connectivity index (χ2n) is 6.00. The van der Waals surface area contributed by atoms with Crippen molar-refractivity contribution in [3.63, 3.8) is 0 Å². The fourth-order valence-electron chi connectivity index (χ4n) is 2.84. The Kier molecular flexibility index (Phi) is 5.14. The van der Waals surface area contributed by atoms with E-state index in [1.54, 1.807) is 18.2 Å². The molecule has 0 bridgehead atoms. The Morgan fingerprint density at radius 3 is 2.31 bits per heavy atom. The molecule has 26 heavy (non-hydrogen) atoms. The summed E-state index contributed by atoms with van der Waals surface area (Å²) in [6, 6.07) is 13.6. The van der Waals surface area contributed by atoms with Crippen molar-refractivity contribution < 1.29 is 8.78 Å². The average Bonchev–Trinajstić information content (AvgIpc) is 2.61. The van der Waals surface area contributed by atoms with Crippen molar-refractivity contribution in [2.45, 2.75) is 12.8 Å². The molecule has 3 aromatic rings. The highest BCUT2D eigenvalue weighted by molar-refractivity contribution is 5.50. The van der Waals surface area contributed by atoms with E-state index >= 15 is 0 Å². The quantitative estimate of drug-likeness (QED) is 0.765. The second kappa shape index (κ2) is 7.49. The zero-order chi connectivity index (χ0) is 18.7. The van der Waals surface area contributed by atoms with Crippen LogP contribution in [-0.4, -0.2) is 11.1 Å². The molecule has 133 valence electrons. The van der Waals surface area contributed by atoms with Gasteiger partial charge in [0.25, 0.3) is 5.56 Å². The lowest BCUT2D eigenvalue weighted by Crippen LogP contribution is -2.22. The lowest BCUT2D eigenvalue weighted by Gasteiger charge is -2.14. The van der Waals surface area contributed by atoms with Gasteiger partial charge in [0.15, 0.2) is 0 Å². The Balaban J connectivity index is 1.99. The zero-order valence-electron chi connectivity index (χ0n) is 14.0. The molecule has 1 aromatic heterocycles. The maximum atomic E-state index is 13.9. The van der Waals surface area contributed by atoms with Gasteiger partial charge in [-0.3, -0.25) is 15.1 Å². The smallest absolute Gasteiger partial charge is 0.256 e. The molecule has 0 aliphatic heterocycles. The maximum Gasteiger partial charge on any atom is 0.256 e. The first-order valence-corrected chi connectivity index (χ1v) is 8.18. The molecule has 0 aliphatic carbocycles. The van der Waals surface area contributed by atoms with E-state index in [1.807, 2.05) is 12.1 Å². The first kappa shape index (κ1) is 17.8. The highest BCUT2D eigenvalue weighted by Crippen LogP contribution is 2.21. The maximum absolute atomic E-state index is 13.9. The Bertz CT molecular complexity index is 981. The van der Waals surface area contributed by atoms with E-state index in [0.717, 1.165) is 11.6 Å². The summed E-state index contributed by atoms with van der Waals surface area (Å²) in [7, 11) is 0. The number of hydrogen-bond donors (Lipinski definition) is 1. The Morgan fingerprint density at radius 2 is 1.65 bits per heavy atom. The highest BCUT2D eigenvalue weighted by atomic mass is 19.1. The van der Waals surface area contributed by atoms with E-state index < -0.39 is 11.6 Å². The van der Waals surface area contributed by atoms with E-state index in [2.05, 4.69) is 0 Å². The summed E-state index contributed by atoms with van der Waals surface area (Å²) < 4.78 is 28.4. The summed E-state index contributed by atoms with van der Waals surface area (Å²) in [5.41, 5.74) is 15.6. The Hall–Kier alpha value is -2.99. The van der Waals surface area contributed by atoms with Gasteiger partial charge in [-0.2, -0.15) is 0 Å². The topological polar surface area (TPSA) is 71.8 Å². The highest BCUT2D eigenvalue weighted by Gasteiger charge is 2.12. The van der Waals surface area contributed by atoms with Crippen molar-refractivity contribution in [1.29, 1.82) is 0 Å². The number of nitrogen functional groups attached to an aromatic ring is 1. The van der Waals surface area contributed by atoms with Gasteiger partial charge in [0.05, 0.1) is 5.69 Å². The minimum atomic E-state index is -0.651. The summed E-state index contributed by atoms with van der Waals surface area (Å²) in [4.78, 5) is 12.3. The second-order valence-corrected chi connectivity index (χ2v) is 6.00. The number of rotatable bonds is 5. The normalized spacial score (nSPS) is 10.9. The molecule has 0 amide bonds. The van der Waals surface area contributed by atoms with Crippen molar-refractivity contribution in [2.24, 2.45) is 0 Å². The molecular weight excluding hydrogens is 336 g/mol. The van der Waals surface area contributed by atoms with Gasteiger partial charge in [0.1, 0.15) is 17.5 Å². The Labute approximate surface area is 149 Å². The molecule has 0 spiro atoms. The number of anilines is 1. The van der Waals surface area contributed by atoms with Crippen molar-refractivity contribution >= 4 is 5.82 Å². The van der Waals surface area contributed by atoms with E-state index in [-0.39, 0.29) is 17.8 Å². The number of halogens is 2. The van der Waals surface area contributed by atoms with E-state index in [9.17, 15) is 13.6 Å². The van der Waals surface area contributed by atoms with E-state index in [4.69, 9.17) is 11.5 Å². The average molecular weight is 354 g/mol. The van der Waals surface area contributed by atoms with Crippen LogP contribution in [0.2, 0.25) is 0 Å². The lowest BCUT2D eigenvalue weighted by molar-refractivity contribution is 0.574. The molecule has 0 saturated heterocycles. The van der Waals surface area contributed by atoms with Crippen LogP contribution in [0.15, 0.2) is 59.4 Å². The SMILES string of the molecule is [NH]CCc1ccc(-n2c(N)c(Cc3ccc(F)cc3F)ccc2=O)cc1. The van der Waals surface area contributed by atoms with Crippen LogP contribution in [0.1, 0.15) is 16.7 Å². The molecule has 1 radical (unpaired) electrons. The summed E-state index contributed by atoms with van der Waals surface area (Å²) >= 11 is 0. The van der Waals surface area contributed by atoms with Crippen LogP contribution < -0.4 is 17.0 Å². The van der Waals surface area contributed by atoms with Crippen LogP contribution in [0.25, 0.3) is 5.69 Å². The molecular formula is C20H18F2N3O. The fraction of sp³-hybridized carbons (Fsp3) is 0.150.